The Bertz CT molecular complexity index is 842. The third kappa shape index (κ3) is 26.4. The first-order valence-electron chi connectivity index (χ1n) is 22.4. The number of unbranched alkanes of at least 4 members (excludes halogenated alkanes) is 27. The molecule has 1 aliphatic heterocycles. The number of aliphatic hydroxyl groups is 5. The van der Waals surface area contributed by atoms with Gasteiger partial charge in [-0.05, 0) is 19.3 Å². The molecule has 0 aliphatic carbocycles. The second-order valence-electron chi connectivity index (χ2n) is 15.9. The van der Waals surface area contributed by atoms with Gasteiger partial charge in [-0.3, -0.25) is 4.79 Å². The van der Waals surface area contributed by atoms with Crippen molar-refractivity contribution in [2.45, 2.75) is 249 Å². The number of nitrogens with one attached hydrogen (secondary N) is 1. The number of ether oxygens (including phenoxy) is 2. The molecule has 0 aromatic heterocycles. The van der Waals surface area contributed by atoms with E-state index in [9.17, 15) is 30.3 Å². The average molecular weight is 756 g/mol. The largest absolute Gasteiger partial charge is 0.394 e. The van der Waals surface area contributed by atoms with Gasteiger partial charge in [-0.25, -0.2) is 0 Å². The van der Waals surface area contributed by atoms with E-state index in [1.165, 1.54) is 148 Å². The van der Waals surface area contributed by atoms with Crippen LogP contribution in [-0.2, 0) is 14.3 Å². The smallest absolute Gasteiger partial charge is 0.220 e. The van der Waals surface area contributed by atoms with Crippen LogP contribution in [0.2, 0.25) is 0 Å². The van der Waals surface area contributed by atoms with Crippen LogP contribution < -0.4 is 5.32 Å². The molecule has 1 amide bonds. The minimum atomic E-state index is -1.56. The van der Waals surface area contributed by atoms with Crippen molar-refractivity contribution in [1.29, 1.82) is 0 Å². The van der Waals surface area contributed by atoms with Crippen LogP contribution in [0.15, 0.2) is 12.2 Å². The normalized spacial score (nSPS) is 21.7. The third-order valence-electron chi connectivity index (χ3n) is 10.9. The topological polar surface area (TPSA) is 149 Å². The summed E-state index contributed by atoms with van der Waals surface area (Å²) in [7, 11) is 0. The summed E-state index contributed by atoms with van der Waals surface area (Å²) in [5, 5.41) is 54.0. The number of carbonyl (C=O) groups is 1. The van der Waals surface area contributed by atoms with E-state index in [-0.39, 0.29) is 12.5 Å². The summed E-state index contributed by atoms with van der Waals surface area (Å²) in [6.07, 6.45) is 32.6. The van der Waals surface area contributed by atoms with Gasteiger partial charge in [0.05, 0.1) is 25.4 Å². The molecule has 53 heavy (non-hydrogen) atoms. The fourth-order valence-electron chi connectivity index (χ4n) is 7.21. The number of aliphatic hydroxyl groups excluding tert-OH is 5. The first-order valence-corrected chi connectivity index (χ1v) is 22.4. The number of amides is 1. The highest BCUT2D eigenvalue weighted by atomic mass is 16.7. The zero-order valence-corrected chi connectivity index (χ0v) is 34.3. The maximum atomic E-state index is 12.9. The van der Waals surface area contributed by atoms with Crippen LogP contribution in [0, 0.1) is 0 Å². The van der Waals surface area contributed by atoms with Crippen molar-refractivity contribution in [3.8, 4) is 0 Å². The molecule has 1 fully saturated rings. The monoisotopic (exact) mass is 756 g/mol. The van der Waals surface area contributed by atoms with Crippen molar-refractivity contribution in [3.05, 3.63) is 12.2 Å². The molecule has 1 rings (SSSR count). The first-order chi connectivity index (χ1) is 25.8. The Labute approximate surface area is 325 Å². The minimum absolute atomic E-state index is 0.175. The zero-order valence-electron chi connectivity index (χ0n) is 34.3. The summed E-state index contributed by atoms with van der Waals surface area (Å²) in [5.74, 6) is -0.175. The van der Waals surface area contributed by atoms with E-state index in [4.69, 9.17) is 9.47 Å². The fraction of sp³-hybridized carbons (Fsp3) is 0.932. The van der Waals surface area contributed by atoms with Crippen molar-refractivity contribution in [2.75, 3.05) is 13.2 Å². The van der Waals surface area contributed by atoms with Crippen LogP contribution in [0.4, 0.5) is 0 Å². The molecule has 0 spiro atoms. The molecule has 7 atom stereocenters. The van der Waals surface area contributed by atoms with E-state index in [0.717, 1.165) is 38.5 Å². The molecule has 1 aliphatic rings. The highest BCUT2D eigenvalue weighted by Crippen LogP contribution is 2.23. The Balaban J connectivity index is 2.31. The van der Waals surface area contributed by atoms with E-state index in [1.54, 1.807) is 6.08 Å². The summed E-state index contributed by atoms with van der Waals surface area (Å²) in [6, 6.07) is -0.797. The second-order valence-corrected chi connectivity index (χ2v) is 15.9. The lowest BCUT2D eigenvalue weighted by molar-refractivity contribution is -0.302. The zero-order chi connectivity index (χ0) is 38.8. The van der Waals surface area contributed by atoms with Crippen LogP contribution in [0.25, 0.3) is 0 Å². The van der Waals surface area contributed by atoms with Gasteiger partial charge in [-0.15, -0.1) is 0 Å². The van der Waals surface area contributed by atoms with Gasteiger partial charge in [0.15, 0.2) is 6.29 Å². The highest BCUT2D eigenvalue weighted by molar-refractivity contribution is 5.76. The predicted molar refractivity (Wildman–Crippen MR) is 217 cm³/mol. The standard InChI is InChI=1S/C44H85NO8/c1-3-5-7-9-11-13-15-16-17-18-19-20-21-22-24-26-28-30-32-34-40(48)45-37(36-52-44-43(51)42(50)41(49)39(35-46)53-44)38(47)33-31-29-27-25-23-14-12-10-8-6-4-2/h31,33,37-39,41-44,46-47,49-51H,3-30,32,34-36H2,1-2H3,(H,45,48)/b33-31+/t37-,38+,39+,41-,42-,43+,44+/m0/s1. The van der Waals surface area contributed by atoms with Gasteiger partial charge in [0, 0.05) is 6.42 Å². The molecule has 1 saturated heterocycles. The molecule has 9 nitrogen and oxygen atoms in total. The van der Waals surface area contributed by atoms with Gasteiger partial charge in [0.25, 0.3) is 0 Å². The number of carbonyl (C=O) groups excluding carboxylic acids is 1. The van der Waals surface area contributed by atoms with Crippen molar-refractivity contribution in [2.24, 2.45) is 0 Å². The van der Waals surface area contributed by atoms with Crippen LogP contribution in [0.1, 0.15) is 206 Å². The van der Waals surface area contributed by atoms with Crippen LogP contribution in [0.5, 0.6) is 0 Å². The molecular formula is C44H85NO8. The lowest BCUT2D eigenvalue weighted by Crippen LogP contribution is -2.60. The molecule has 0 saturated carbocycles. The molecule has 0 aromatic carbocycles. The van der Waals surface area contributed by atoms with Gasteiger partial charge >= 0.3 is 0 Å². The molecule has 314 valence electrons. The summed E-state index contributed by atoms with van der Waals surface area (Å²) in [5.41, 5.74) is 0. The Morgan fingerprint density at radius 1 is 0.623 bits per heavy atom. The van der Waals surface area contributed by atoms with Gasteiger partial charge in [0.2, 0.25) is 5.91 Å². The Kier molecular flexibility index (Phi) is 33.3. The maximum absolute atomic E-state index is 12.9. The van der Waals surface area contributed by atoms with Gasteiger partial charge in [-0.1, -0.05) is 193 Å². The highest BCUT2D eigenvalue weighted by Gasteiger charge is 2.44. The average Bonchev–Trinajstić information content (AvgIpc) is 3.16. The number of rotatable bonds is 37. The van der Waals surface area contributed by atoms with Crippen molar-refractivity contribution < 1.29 is 39.8 Å². The van der Waals surface area contributed by atoms with Gasteiger partial charge in [-0.2, -0.15) is 0 Å². The molecule has 0 bridgehead atoms. The summed E-state index contributed by atoms with van der Waals surface area (Å²) >= 11 is 0. The third-order valence-corrected chi connectivity index (χ3v) is 10.9. The number of hydrogen-bond acceptors (Lipinski definition) is 8. The lowest BCUT2D eigenvalue weighted by atomic mass is 9.99. The second kappa shape index (κ2) is 35.4. The predicted octanol–water partition coefficient (Wildman–Crippen LogP) is 8.95. The van der Waals surface area contributed by atoms with Crippen LogP contribution >= 0.6 is 0 Å². The number of hydrogen-bond donors (Lipinski definition) is 6. The van der Waals surface area contributed by atoms with Gasteiger partial charge < -0.3 is 40.3 Å². The van der Waals surface area contributed by atoms with Gasteiger partial charge in [0.1, 0.15) is 24.4 Å². The van der Waals surface area contributed by atoms with E-state index < -0.39 is 49.5 Å². The quantitative estimate of drug-likeness (QED) is 0.0272. The molecule has 1 heterocycles. The van der Waals surface area contributed by atoms with E-state index in [0.29, 0.717) is 6.42 Å². The minimum Gasteiger partial charge on any atom is -0.394 e. The number of allylic oxidation sites excluding steroid dienone is 1. The molecule has 6 N–H and O–H groups in total. The fourth-order valence-corrected chi connectivity index (χ4v) is 7.21. The van der Waals surface area contributed by atoms with Crippen molar-refractivity contribution in [1.82, 2.24) is 5.32 Å². The van der Waals surface area contributed by atoms with E-state index >= 15 is 0 Å². The maximum Gasteiger partial charge on any atom is 0.220 e. The SMILES string of the molecule is CCCCCCCCCCC/C=C/[C@@H](O)[C@H](CO[C@@H]1O[C@H](CO)[C@H](O)[C@H](O)[C@H]1O)NC(=O)CCCCCCCCCCCCCCCCCCCCC. The Morgan fingerprint density at radius 2 is 1.04 bits per heavy atom. The molecule has 0 unspecified atom stereocenters. The Morgan fingerprint density at radius 3 is 1.47 bits per heavy atom. The summed E-state index contributed by atoms with van der Waals surface area (Å²) in [6.45, 7) is 3.76. The lowest BCUT2D eigenvalue weighted by Gasteiger charge is -2.40. The summed E-state index contributed by atoms with van der Waals surface area (Å²) in [4.78, 5) is 12.9. The van der Waals surface area contributed by atoms with Crippen molar-refractivity contribution >= 4 is 5.91 Å². The molecular weight excluding hydrogens is 670 g/mol. The van der Waals surface area contributed by atoms with E-state index in [2.05, 4.69) is 19.2 Å². The first kappa shape index (κ1) is 49.9. The van der Waals surface area contributed by atoms with Crippen molar-refractivity contribution in [3.63, 3.8) is 0 Å². The van der Waals surface area contributed by atoms with Crippen LogP contribution in [-0.4, -0.2) is 87.5 Å². The van der Waals surface area contributed by atoms with Crippen LogP contribution in [0.3, 0.4) is 0 Å². The molecule has 9 heteroatoms. The Hall–Kier alpha value is -1.07. The molecule has 0 aromatic rings. The summed E-state index contributed by atoms with van der Waals surface area (Å²) < 4.78 is 11.2. The molecule has 0 radical (unpaired) electrons. The van der Waals surface area contributed by atoms with E-state index in [1.807, 2.05) is 6.08 Å².